The van der Waals surface area contributed by atoms with E-state index in [1.807, 2.05) is 37.3 Å². The van der Waals surface area contributed by atoms with Crippen LogP contribution in [0.2, 0.25) is 5.02 Å². The van der Waals surface area contributed by atoms with E-state index in [-0.39, 0.29) is 30.4 Å². The number of halogens is 1. The SMILES string of the molecule is C[C@@H](OC[C@@H](O)Cn1cnc2c(oc3ccccc32)c1=O)c1ccc(Cl)cc1. The van der Waals surface area contributed by atoms with Crippen molar-refractivity contribution in [1.29, 1.82) is 0 Å². The van der Waals surface area contributed by atoms with Crippen molar-refractivity contribution < 1.29 is 14.3 Å². The van der Waals surface area contributed by atoms with E-state index in [9.17, 15) is 9.90 Å². The number of aliphatic hydroxyl groups excluding tert-OH is 1. The Hall–Kier alpha value is -2.67. The normalized spacial score (nSPS) is 13.8. The van der Waals surface area contributed by atoms with Gasteiger partial charge in [0.2, 0.25) is 5.58 Å². The van der Waals surface area contributed by atoms with Crippen LogP contribution in [0.25, 0.3) is 22.1 Å². The van der Waals surface area contributed by atoms with E-state index in [0.717, 1.165) is 10.9 Å². The van der Waals surface area contributed by atoms with Crippen molar-refractivity contribution in [2.24, 2.45) is 0 Å². The van der Waals surface area contributed by atoms with Gasteiger partial charge in [-0.05, 0) is 36.8 Å². The molecule has 0 aliphatic carbocycles. The Balaban J connectivity index is 1.46. The van der Waals surface area contributed by atoms with E-state index in [0.29, 0.717) is 16.1 Å². The summed E-state index contributed by atoms with van der Waals surface area (Å²) in [5, 5.41) is 11.8. The molecule has 6 nitrogen and oxygen atoms in total. The molecule has 0 unspecified atom stereocenters. The predicted octanol–water partition coefficient (Wildman–Crippen LogP) is 3.93. The maximum absolute atomic E-state index is 12.7. The van der Waals surface area contributed by atoms with Crippen molar-refractivity contribution in [2.75, 3.05) is 6.61 Å². The molecule has 4 rings (SSSR count). The Labute approximate surface area is 165 Å². The molecule has 0 saturated heterocycles. The Kier molecular flexibility index (Phi) is 5.17. The fraction of sp³-hybridized carbons (Fsp3) is 0.238. The van der Waals surface area contributed by atoms with Gasteiger partial charge in [-0.1, -0.05) is 35.9 Å². The zero-order valence-corrected chi connectivity index (χ0v) is 16.0. The van der Waals surface area contributed by atoms with Crippen molar-refractivity contribution >= 4 is 33.7 Å². The lowest BCUT2D eigenvalue weighted by molar-refractivity contribution is -0.00912. The van der Waals surface area contributed by atoms with Gasteiger partial charge in [-0.25, -0.2) is 4.98 Å². The molecule has 0 saturated carbocycles. The minimum atomic E-state index is -0.865. The number of fused-ring (bicyclic) bond motifs is 3. The highest BCUT2D eigenvalue weighted by Crippen LogP contribution is 2.24. The van der Waals surface area contributed by atoms with E-state index in [1.165, 1.54) is 10.9 Å². The molecule has 7 heteroatoms. The molecule has 4 aromatic rings. The smallest absolute Gasteiger partial charge is 0.297 e. The van der Waals surface area contributed by atoms with E-state index in [1.54, 1.807) is 18.2 Å². The number of ether oxygens (including phenoxy) is 1. The Bertz CT molecular complexity index is 1170. The Morgan fingerprint density at radius 1 is 1.21 bits per heavy atom. The largest absolute Gasteiger partial charge is 0.448 e. The number of aromatic nitrogens is 2. The lowest BCUT2D eigenvalue weighted by Gasteiger charge is -2.17. The van der Waals surface area contributed by atoms with Gasteiger partial charge < -0.3 is 14.3 Å². The van der Waals surface area contributed by atoms with Crippen LogP contribution in [0.4, 0.5) is 0 Å². The van der Waals surface area contributed by atoms with Crippen molar-refractivity contribution in [3.05, 3.63) is 75.8 Å². The van der Waals surface area contributed by atoms with Crippen LogP contribution in [-0.2, 0) is 11.3 Å². The summed E-state index contributed by atoms with van der Waals surface area (Å²) < 4.78 is 12.7. The molecule has 2 heterocycles. The van der Waals surface area contributed by atoms with Gasteiger partial charge in [-0.2, -0.15) is 0 Å². The molecular formula is C21H19ClN2O4. The summed E-state index contributed by atoms with van der Waals surface area (Å²) in [6, 6.07) is 14.7. The van der Waals surface area contributed by atoms with Crippen molar-refractivity contribution in [2.45, 2.75) is 25.7 Å². The molecular weight excluding hydrogens is 380 g/mol. The highest BCUT2D eigenvalue weighted by Gasteiger charge is 2.16. The van der Waals surface area contributed by atoms with E-state index < -0.39 is 6.10 Å². The first kappa shape index (κ1) is 18.7. The number of hydrogen-bond donors (Lipinski definition) is 1. The second-order valence-electron chi connectivity index (χ2n) is 6.66. The molecule has 144 valence electrons. The fourth-order valence-electron chi connectivity index (χ4n) is 3.11. The fourth-order valence-corrected chi connectivity index (χ4v) is 3.24. The summed E-state index contributed by atoms with van der Waals surface area (Å²) in [4.78, 5) is 17.0. The molecule has 1 N–H and O–H groups in total. The van der Waals surface area contributed by atoms with Gasteiger partial charge in [0.05, 0.1) is 31.7 Å². The Morgan fingerprint density at radius 3 is 2.75 bits per heavy atom. The molecule has 2 aromatic heterocycles. The molecule has 2 atom stereocenters. The third kappa shape index (κ3) is 3.67. The maximum Gasteiger partial charge on any atom is 0.297 e. The van der Waals surface area contributed by atoms with Crippen LogP contribution in [0, 0.1) is 0 Å². The second kappa shape index (κ2) is 7.75. The van der Waals surface area contributed by atoms with Crippen molar-refractivity contribution in [1.82, 2.24) is 9.55 Å². The number of hydrogen-bond acceptors (Lipinski definition) is 5. The molecule has 0 spiro atoms. The average Bonchev–Trinajstić information content (AvgIpc) is 3.08. The molecule has 0 bridgehead atoms. The van der Waals surface area contributed by atoms with Crippen molar-refractivity contribution in [3.63, 3.8) is 0 Å². The summed E-state index contributed by atoms with van der Waals surface area (Å²) in [6.07, 6.45) is 0.356. The minimum Gasteiger partial charge on any atom is -0.448 e. The van der Waals surface area contributed by atoms with Gasteiger partial charge in [0.25, 0.3) is 5.56 Å². The highest BCUT2D eigenvalue weighted by atomic mass is 35.5. The van der Waals surface area contributed by atoms with Gasteiger partial charge in [0.1, 0.15) is 11.1 Å². The van der Waals surface area contributed by atoms with E-state index in [4.69, 9.17) is 20.8 Å². The first-order valence-electron chi connectivity index (χ1n) is 8.95. The third-order valence-electron chi connectivity index (χ3n) is 4.64. The number of rotatable bonds is 6. The molecule has 2 aromatic carbocycles. The standard InChI is InChI=1S/C21H19ClN2O4/c1-13(14-6-8-15(22)9-7-14)27-11-16(25)10-24-12-23-19-17-4-2-3-5-18(17)28-20(19)21(24)26/h2-9,12-13,16,25H,10-11H2,1H3/t13-,16+/m1/s1. The van der Waals surface area contributed by atoms with Gasteiger partial charge in [0.15, 0.2) is 0 Å². The predicted molar refractivity (Wildman–Crippen MR) is 108 cm³/mol. The van der Waals surface area contributed by atoms with Crippen LogP contribution in [0.5, 0.6) is 0 Å². The summed E-state index contributed by atoms with van der Waals surface area (Å²) in [6.45, 7) is 2.03. The number of furan rings is 1. The first-order valence-corrected chi connectivity index (χ1v) is 9.32. The van der Waals surface area contributed by atoms with Gasteiger partial charge in [0, 0.05) is 10.4 Å². The summed E-state index contributed by atoms with van der Waals surface area (Å²) in [5.41, 5.74) is 1.95. The summed E-state index contributed by atoms with van der Waals surface area (Å²) in [5.74, 6) is 0. The van der Waals surface area contributed by atoms with Crippen LogP contribution in [-0.4, -0.2) is 27.4 Å². The lowest BCUT2D eigenvalue weighted by Crippen LogP contribution is -2.29. The monoisotopic (exact) mass is 398 g/mol. The van der Waals surface area contributed by atoms with Crippen molar-refractivity contribution in [3.8, 4) is 0 Å². The van der Waals surface area contributed by atoms with E-state index in [2.05, 4.69) is 4.98 Å². The minimum absolute atomic E-state index is 0.0617. The first-order chi connectivity index (χ1) is 13.5. The zero-order chi connectivity index (χ0) is 19.7. The number of nitrogens with zero attached hydrogens (tertiary/aromatic N) is 2. The number of aliphatic hydroxyl groups is 1. The molecule has 0 fully saturated rings. The topological polar surface area (TPSA) is 77.5 Å². The van der Waals surface area contributed by atoms with Crippen LogP contribution < -0.4 is 5.56 Å². The third-order valence-corrected chi connectivity index (χ3v) is 4.89. The second-order valence-corrected chi connectivity index (χ2v) is 7.10. The summed E-state index contributed by atoms with van der Waals surface area (Å²) in [7, 11) is 0. The van der Waals surface area contributed by atoms with Gasteiger partial charge >= 0.3 is 0 Å². The molecule has 28 heavy (non-hydrogen) atoms. The molecule has 0 aliphatic heterocycles. The van der Waals surface area contributed by atoms with Crippen LogP contribution in [0.3, 0.4) is 0 Å². The maximum atomic E-state index is 12.7. The molecule has 0 radical (unpaired) electrons. The van der Waals surface area contributed by atoms with Crippen LogP contribution in [0.15, 0.2) is 64.1 Å². The average molecular weight is 399 g/mol. The van der Waals surface area contributed by atoms with Gasteiger partial charge in [-0.15, -0.1) is 0 Å². The number of benzene rings is 2. The molecule has 0 amide bonds. The highest BCUT2D eigenvalue weighted by molar-refractivity contribution is 6.30. The number of para-hydroxylation sites is 1. The van der Waals surface area contributed by atoms with Crippen LogP contribution in [0.1, 0.15) is 18.6 Å². The quantitative estimate of drug-likeness (QED) is 0.532. The lowest BCUT2D eigenvalue weighted by atomic mass is 10.1. The van der Waals surface area contributed by atoms with Gasteiger partial charge in [-0.3, -0.25) is 9.36 Å². The zero-order valence-electron chi connectivity index (χ0n) is 15.2. The summed E-state index contributed by atoms with van der Waals surface area (Å²) >= 11 is 5.89. The van der Waals surface area contributed by atoms with Crippen LogP contribution >= 0.6 is 11.6 Å². The molecule has 0 aliphatic rings. The van der Waals surface area contributed by atoms with E-state index >= 15 is 0 Å². The Morgan fingerprint density at radius 2 is 1.96 bits per heavy atom.